The molecule has 1 aromatic carbocycles. The van der Waals surface area contributed by atoms with Gasteiger partial charge in [0, 0.05) is 10.2 Å². The van der Waals surface area contributed by atoms with Crippen LogP contribution in [-0.2, 0) is 4.79 Å². The molecular formula is C12H13BrN2O2. The molecule has 4 nitrogen and oxygen atoms in total. The zero-order valence-electron chi connectivity index (χ0n) is 9.40. The van der Waals surface area contributed by atoms with Gasteiger partial charge in [0.2, 0.25) is 0 Å². The van der Waals surface area contributed by atoms with Crippen molar-refractivity contribution >= 4 is 27.6 Å². The van der Waals surface area contributed by atoms with E-state index in [1.807, 2.05) is 13.0 Å². The van der Waals surface area contributed by atoms with Crippen LogP contribution >= 0.6 is 15.9 Å². The Kier molecular flexibility index (Phi) is 4.98. The lowest BCUT2D eigenvalue weighted by Crippen LogP contribution is -2.29. The molecule has 1 aromatic rings. The molecule has 0 amide bonds. The summed E-state index contributed by atoms with van der Waals surface area (Å²) in [5.41, 5.74) is 1.22. The van der Waals surface area contributed by atoms with Crippen molar-refractivity contribution < 1.29 is 9.90 Å². The van der Waals surface area contributed by atoms with Crippen LogP contribution in [-0.4, -0.2) is 17.1 Å². The Labute approximate surface area is 108 Å². The number of hydrogen-bond donors (Lipinski definition) is 2. The summed E-state index contributed by atoms with van der Waals surface area (Å²) in [6.07, 6.45) is 1.35. The van der Waals surface area contributed by atoms with Crippen LogP contribution in [0.5, 0.6) is 0 Å². The Morgan fingerprint density at radius 1 is 1.65 bits per heavy atom. The van der Waals surface area contributed by atoms with E-state index >= 15 is 0 Å². The Balaban J connectivity index is 2.87. The molecule has 2 N–H and O–H groups in total. The van der Waals surface area contributed by atoms with Crippen LogP contribution in [0.2, 0.25) is 0 Å². The maximum Gasteiger partial charge on any atom is 0.326 e. The molecule has 0 saturated heterocycles. The van der Waals surface area contributed by atoms with Gasteiger partial charge in [0.25, 0.3) is 0 Å². The van der Waals surface area contributed by atoms with E-state index in [1.54, 1.807) is 18.2 Å². The topological polar surface area (TPSA) is 73.1 Å². The van der Waals surface area contributed by atoms with Crippen molar-refractivity contribution in [2.45, 2.75) is 25.8 Å². The molecule has 0 aliphatic heterocycles. The first kappa shape index (κ1) is 13.5. The van der Waals surface area contributed by atoms with E-state index in [-0.39, 0.29) is 0 Å². The number of carboxylic acids is 1. The minimum atomic E-state index is -0.872. The maximum atomic E-state index is 11.0. The van der Waals surface area contributed by atoms with Gasteiger partial charge in [0.15, 0.2) is 0 Å². The zero-order chi connectivity index (χ0) is 12.8. The van der Waals surface area contributed by atoms with Gasteiger partial charge >= 0.3 is 5.97 Å². The molecule has 0 spiro atoms. The predicted molar refractivity (Wildman–Crippen MR) is 68.8 cm³/mol. The predicted octanol–water partition coefficient (Wildman–Crippen LogP) is 2.99. The molecule has 0 aliphatic carbocycles. The summed E-state index contributed by atoms with van der Waals surface area (Å²) in [5.74, 6) is -0.872. The molecule has 0 aliphatic rings. The molecule has 0 aromatic heterocycles. The molecule has 17 heavy (non-hydrogen) atoms. The van der Waals surface area contributed by atoms with Crippen molar-refractivity contribution in [3.8, 4) is 6.07 Å². The number of nitrogens with one attached hydrogen (secondary N) is 1. The van der Waals surface area contributed by atoms with Crippen LogP contribution in [0.4, 0.5) is 5.69 Å². The highest BCUT2D eigenvalue weighted by molar-refractivity contribution is 9.10. The summed E-state index contributed by atoms with van der Waals surface area (Å²) in [6.45, 7) is 1.94. The van der Waals surface area contributed by atoms with Crippen LogP contribution in [0.1, 0.15) is 25.3 Å². The number of halogens is 1. The molecule has 5 heteroatoms. The van der Waals surface area contributed by atoms with E-state index in [0.717, 1.165) is 6.42 Å². The molecule has 0 fully saturated rings. The van der Waals surface area contributed by atoms with Gasteiger partial charge in [-0.05, 0) is 40.5 Å². The fraction of sp³-hybridized carbons (Fsp3) is 0.333. The van der Waals surface area contributed by atoms with Crippen LogP contribution in [0.15, 0.2) is 22.7 Å². The van der Waals surface area contributed by atoms with E-state index < -0.39 is 12.0 Å². The van der Waals surface area contributed by atoms with Gasteiger partial charge in [-0.3, -0.25) is 0 Å². The second-order valence-corrected chi connectivity index (χ2v) is 4.48. The Bertz CT molecular complexity index is 454. The molecule has 90 valence electrons. The minimum absolute atomic E-state index is 0.532. The fourth-order valence-electron chi connectivity index (χ4n) is 1.44. The van der Waals surface area contributed by atoms with E-state index in [9.17, 15) is 4.79 Å². The highest BCUT2D eigenvalue weighted by Gasteiger charge is 2.16. The molecule has 0 heterocycles. The van der Waals surface area contributed by atoms with Gasteiger partial charge in [-0.25, -0.2) is 4.79 Å². The van der Waals surface area contributed by atoms with E-state index in [4.69, 9.17) is 10.4 Å². The fourth-order valence-corrected chi connectivity index (χ4v) is 1.93. The highest BCUT2D eigenvalue weighted by atomic mass is 79.9. The third-order valence-electron chi connectivity index (χ3n) is 2.30. The Morgan fingerprint density at radius 3 is 2.82 bits per heavy atom. The van der Waals surface area contributed by atoms with Crippen molar-refractivity contribution in [2.24, 2.45) is 0 Å². The summed E-state index contributed by atoms with van der Waals surface area (Å²) >= 11 is 3.31. The van der Waals surface area contributed by atoms with Crippen LogP contribution in [0.3, 0.4) is 0 Å². The maximum absolute atomic E-state index is 11.0. The monoisotopic (exact) mass is 296 g/mol. The molecule has 1 unspecified atom stereocenters. The summed E-state index contributed by atoms with van der Waals surface area (Å²) in [4.78, 5) is 11.0. The number of rotatable bonds is 5. The SMILES string of the molecule is CCCC(Nc1ccc(C#N)cc1Br)C(=O)O. The second kappa shape index (κ2) is 6.26. The van der Waals surface area contributed by atoms with Gasteiger partial charge in [0.05, 0.1) is 11.6 Å². The Hall–Kier alpha value is -1.54. The van der Waals surface area contributed by atoms with E-state index in [0.29, 0.717) is 22.1 Å². The summed E-state index contributed by atoms with van der Waals surface area (Å²) in [6, 6.07) is 6.43. The molecule has 1 atom stereocenters. The number of benzene rings is 1. The highest BCUT2D eigenvalue weighted by Crippen LogP contribution is 2.24. The van der Waals surface area contributed by atoms with Gasteiger partial charge in [-0.2, -0.15) is 5.26 Å². The van der Waals surface area contributed by atoms with Gasteiger partial charge in [-0.1, -0.05) is 13.3 Å². The van der Waals surface area contributed by atoms with Crippen LogP contribution in [0.25, 0.3) is 0 Å². The number of anilines is 1. The van der Waals surface area contributed by atoms with Crippen molar-refractivity contribution in [3.63, 3.8) is 0 Å². The lowest BCUT2D eigenvalue weighted by molar-refractivity contribution is -0.138. The first-order chi connectivity index (χ1) is 8.08. The molecule has 0 radical (unpaired) electrons. The standard InChI is InChI=1S/C12H13BrN2O2/c1-2-3-11(12(16)17)15-10-5-4-8(7-14)6-9(10)13/h4-6,11,15H,2-3H2,1H3,(H,16,17). The summed E-state index contributed by atoms with van der Waals surface area (Å²) < 4.78 is 0.693. The third kappa shape index (κ3) is 3.75. The first-order valence-electron chi connectivity index (χ1n) is 5.27. The number of hydrogen-bond acceptors (Lipinski definition) is 3. The van der Waals surface area contributed by atoms with Crippen molar-refractivity contribution in [2.75, 3.05) is 5.32 Å². The van der Waals surface area contributed by atoms with Crippen molar-refractivity contribution in [1.29, 1.82) is 5.26 Å². The number of aliphatic carboxylic acids is 1. The lowest BCUT2D eigenvalue weighted by Gasteiger charge is -2.16. The van der Waals surface area contributed by atoms with E-state index in [1.165, 1.54) is 0 Å². The summed E-state index contributed by atoms with van der Waals surface area (Å²) in [7, 11) is 0. The normalized spacial score (nSPS) is 11.6. The average Bonchev–Trinajstić information content (AvgIpc) is 2.30. The largest absolute Gasteiger partial charge is 0.480 e. The van der Waals surface area contributed by atoms with Crippen molar-refractivity contribution in [1.82, 2.24) is 0 Å². The van der Waals surface area contributed by atoms with Gasteiger partial charge in [-0.15, -0.1) is 0 Å². The Morgan fingerprint density at radius 2 is 2.35 bits per heavy atom. The van der Waals surface area contributed by atoms with Crippen LogP contribution in [0, 0.1) is 11.3 Å². The molecular weight excluding hydrogens is 284 g/mol. The van der Waals surface area contributed by atoms with Crippen molar-refractivity contribution in [3.05, 3.63) is 28.2 Å². The zero-order valence-corrected chi connectivity index (χ0v) is 11.0. The number of nitriles is 1. The lowest BCUT2D eigenvalue weighted by atomic mass is 10.1. The number of carbonyl (C=O) groups is 1. The number of carboxylic acid groups (broad SMARTS) is 1. The van der Waals surface area contributed by atoms with Gasteiger partial charge < -0.3 is 10.4 Å². The average molecular weight is 297 g/mol. The quantitative estimate of drug-likeness (QED) is 0.876. The minimum Gasteiger partial charge on any atom is -0.480 e. The molecule has 0 bridgehead atoms. The first-order valence-corrected chi connectivity index (χ1v) is 6.06. The second-order valence-electron chi connectivity index (χ2n) is 3.63. The third-order valence-corrected chi connectivity index (χ3v) is 2.96. The molecule has 0 saturated carbocycles. The van der Waals surface area contributed by atoms with E-state index in [2.05, 4.69) is 21.2 Å². The number of nitrogens with zero attached hydrogens (tertiary/aromatic N) is 1. The van der Waals surface area contributed by atoms with Crippen LogP contribution < -0.4 is 5.32 Å². The summed E-state index contributed by atoms with van der Waals surface area (Å²) in [5, 5.41) is 20.7. The van der Waals surface area contributed by atoms with Gasteiger partial charge in [0.1, 0.15) is 6.04 Å². The smallest absolute Gasteiger partial charge is 0.326 e. The molecule has 1 rings (SSSR count).